The van der Waals surface area contributed by atoms with Crippen molar-refractivity contribution in [2.45, 2.75) is 13.8 Å². The second-order valence-corrected chi connectivity index (χ2v) is 8.09. The topological polar surface area (TPSA) is 45.2 Å². The van der Waals surface area contributed by atoms with E-state index in [-0.39, 0.29) is 0 Å². The molecule has 0 N–H and O–H groups in total. The number of aromatic nitrogens is 3. The van der Waals surface area contributed by atoms with Crippen molar-refractivity contribution in [1.82, 2.24) is 15.0 Å². The number of aryl methyl sites for hydroxylation is 2. The molecule has 24 heavy (non-hydrogen) atoms. The van der Waals surface area contributed by atoms with Crippen LogP contribution < -0.4 is 9.80 Å². The molecule has 0 saturated carbocycles. The summed E-state index contributed by atoms with van der Waals surface area (Å²) in [4.78, 5) is 20.7. The third-order valence-electron chi connectivity index (χ3n) is 4.56. The van der Waals surface area contributed by atoms with Crippen LogP contribution in [0.1, 0.15) is 10.4 Å². The van der Waals surface area contributed by atoms with Gasteiger partial charge in [0.1, 0.15) is 22.8 Å². The highest BCUT2D eigenvalue weighted by Crippen LogP contribution is 2.34. The van der Waals surface area contributed by atoms with Gasteiger partial charge >= 0.3 is 0 Å². The van der Waals surface area contributed by atoms with Gasteiger partial charge in [0.25, 0.3) is 0 Å². The summed E-state index contributed by atoms with van der Waals surface area (Å²) in [6.45, 7) is 8.10. The fourth-order valence-corrected chi connectivity index (χ4v) is 4.33. The van der Waals surface area contributed by atoms with Crippen LogP contribution >= 0.6 is 27.3 Å². The number of halogens is 1. The van der Waals surface area contributed by atoms with Crippen molar-refractivity contribution < 1.29 is 0 Å². The fraction of sp³-hybridized carbons (Fsp3) is 0.353. The predicted octanol–water partition coefficient (Wildman–Crippen LogP) is 3.79. The summed E-state index contributed by atoms with van der Waals surface area (Å²) in [5.74, 6) is 2.11. The van der Waals surface area contributed by atoms with E-state index in [0.717, 1.165) is 47.1 Å². The zero-order valence-electron chi connectivity index (χ0n) is 13.7. The molecule has 124 valence electrons. The number of thiophene rings is 1. The molecule has 0 amide bonds. The summed E-state index contributed by atoms with van der Waals surface area (Å²) in [5.41, 5.74) is 1.31. The molecule has 1 saturated heterocycles. The maximum absolute atomic E-state index is 4.60. The van der Waals surface area contributed by atoms with Gasteiger partial charge in [0, 0.05) is 41.7 Å². The summed E-state index contributed by atoms with van der Waals surface area (Å²) in [6, 6.07) is 4.11. The van der Waals surface area contributed by atoms with Gasteiger partial charge in [-0.1, -0.05) is 0 Å². The van der Waals surface area contributed by atoms with E-state index < -0.39 is 0 Å². The minimum atomic E-state index is 0.943. The molecular formula is C17H18BrN5S. The second-order valence-electron chi connectivity index (χ2n) is 5.97. The molecule has 0 aromatic carbocycles. The highest BCUT2D eigenvalue weighted by molar-refractivity contribution is 9.10. The first-order chi connectivity index (χ1) is 11.6. The molecular weight excluding hydrogens is 386 g/mol. The Bertz CT molecular complexity index is 869. The molecule has 1 aliphatic rings. The molecule has 0 bridgehead atoms. The third kappa shape index (κ3) is 2.75. The van der Waals surface area contributed by atoms with Gasteiger partial charge in [0.2, 0.25) is 0 Å². The van der Waals surface area contributed by atoms with Crippen molar-refractivity contribution in [3.05, 3.63) is 39.6 Å². The minimum Gasteiger partial charge on any atom is -0.353 e. The summed E-state index contributed by atoms with van der Waals surface area (Å²) in [5, 5.41) is 1.22. The normalized spacial score (nSPS) is 15.3. The molecule has 5 nitrogen and oxygen atoms in total. The van der Waals surface area contributed by atoms with E-state index in [1.54, 1.807) is 17.7 Å². The van der Waals surface area contributed by atoms with Crippen LogP contribution in [0.5, 0.6) is 0 Å². The maximum atomic E-state index is 4.60. The first kappa shape index (κ1) is 15.8. The Morgan fingerprint density at radius 1 is 1.00 bits per heavy atom. The molecule has 3 aromatic heterocycles. The smallest absolute Gasteiger partial charge is 0.141 e. The minimum absolute atomic E-state index is 0.943. The van der Waals surface area contributed by atoms with Crippen molar-refractivity contribution in [1.29, 1.82) is 0 Å². The van der Waals surface area contributed by atoms with Gasteiger partial charge in [-0.15, -0.1) is 11.3 Å². The van der Waals surface area contributed by atoms with Crippen molar-refractivity contribution >= 4 is 49.1 Å². The first-order valence-corrected chi connectivity index (χ1v) is 9.56. The molecule has 0 unspecified atom stereocenters. The number of anilines is 2. The zero-order valence-corrected chi connectivity index (χ0v) is 16.1. The summed E-state index contributed by atoms with van der Waals surface area (Å²) < 4.78 is 1.01. The molecule has 1 fully saturated rings. The molecule has 4 heterocycles. The van der Waals surface area contributed by atoms with Crippen molar-refractivity contribution in [3.63, 3.8) is 0 Å². The average Bonchev–Trinajstić information content (AvgIpc) is 2.90. The molecule has 7 heteroatoms. The van der Waals surface area contributed by atoms with Gasteiger partial charge in [-0.25, -0.2) is 15.0 Å². The predicted molar refractivity (Wildman–Crippen MR) is 103 cm³/mol. The number of pyridine rings is 1. The lowest BCUT2D eigenvalue weighted by atomic mass is 10.2. The lowest BCUT2D eigenvalue weighted by Crippen LogP contribution is -2.47. The molecule has 3 aromatic rings. The molecule has 0 spiro atoms. The van der Waals surface area contributed by atoms with Crippen molar-refractivity contribution in [3.8, 4) is 0 Å². The van der Waals surface area contributed by atoms with Crippen LogP contribution in [0.25, 0.3) is 10.2 Å². The Labute approximate surface area is 153 Å². The highest BCUT2D eigenvalue weighted by atomic mass is 79.9. The second kappa shape index (κ2) is 6.29. The van der Waals surface area contributed by atoms with Crippen molar-refractivity contribution in [2.75, 3.05) is 36.0 Å². The fourth-order valence-electron chi connectivity index (χ4n) is 3.11. The average molecular weight is 404 g/mol. The van der Waals surface area contributed by atoms with Crippen LogP contribution in [0.15, 0.2) is 29.1 Å². The third-order valence-corrected chi connectivity index (χ3v) is 6.14. The van der Waals surface area contributed by atoms with Crippen LogP contribution in [0.2, 0.25) is 0 Å². The molecule has 4 rings (SSSR count). The maximum Gasteiger partial charge on any atom is 0.141 e. The van der Waals surface area contributed by atoms with E-state index >= 15 is 0 Å². The van der Waals surface area contributed by atoms with E-state index in [2.05, 4.69) is 60.6 Å². The SMILES string of the molecule is Cc1sc2ncnc(N3CCN(c4ccc(Br)cn4)CC3)c2c1C. The Morgan fingerprint density at radius 2 is 1.75 bits per heavy atom. The quantitative estimate of drug-likeness (QED) is 0.650. The lowest BCUT2D eigenvalue weighted by Gasteiger charge is -2.36. The van der Waals surface area contributed by atoms with Crippen LogP contribution in [0.4, 0.5) is 11.6 Å². The van der Waals surface area contributed by atoms with Gasteiger partial charge in [-0.05, 0) is 47.5 Å². The van der Waals surface area contributed by atoms with Crippen molar-refractivity contribution in [2.24, 2.45) is 0 Å². The number of rotatable bonds is 2. The van der Waals surface area contributed by atoms with E-state index in [4.69, 9.17) is 0 Å². The Morgan fingerprint density at radius 3 is 2.46 bits per heavy atom. The molecule has 0 aliphatic carbocycles. The highest BCUT2D eigenvalue weighted by Gasteiger charge is 2.22. The van der Waals surface area contributed by atoms with E-state index in [1.807, 2.05) is 12.3 Å². The van der Waals surface area contributed by atoms with Gasteiger partial charge in [-0.3, -0.25) is 0 Å². The summed E-state index contributed by atoms with van der Waals surface area (Å²) in [7, 11) is 0. The van der Waals surface area contributed by atoms with Gasteiger partial charge < -0.3 is 9.80 Å². The first-order valence-electron chi connectivity index (χ1n) is 7.95. The molecule has 0 atom stereocenters. The van der Waals surface area contributed by atoms with Crippen LogP contribution in [0.3, 0.4) is 0 Å². The Kier molecular flexibility index (Phi) is 4.14. The van der Waals surface area contributed by atoms with Gasteiger partial charge in [-0.2, -0.15) is 0 Å². The molecule has 0 radical (unpaired) electrons. The van der Waals surface area contributed by atoms with E-state index in [0.29, 0.717) is 0 Å². The van der Waals surface area contributed by atoms with Crippen LogP contribution in [-0.2, 0) is 0 Å². The molecule has 1 aliphatic heterocycles. The summed E-state index contributed by atoms with van der Waals surface area (Å²) in [6.07, 6.45) is 3.54. The van der Waals surface area contributed by atoms with E-state index in [1.165, 1.54) is 15.8 Å². The summed E-state index contributed by atoms with van der Waals surface area (Å²) >= 11 is 5.19. The number of hydrogen-bond donors (Lipinski definition) is 0. The zero-order chi connectivity index (χ0) is 16.7. The Balaban J connectivity index is 1.57. The number of fused-ring (bicyclic) bond motifs is 1. The monoisotopic (exact) mass is 403 g/mol. The number of piperazine rings is 1. The number of hydrogen-bond acceptors (Lipinski definition) is 6. The lowest BCUT2D eigenvalue weighted by molar-refractivity contribution is 0.643. The van der Waals surface area contributed by atoms with Gasteiger partial charge in [0.15, 0.2) is 0 Å². The van der Waals surface area contributed by atoms with Crippen LogP contribution in [-0.4, -0.2) is 41.1 Å². The van der Waals surface area contributed by atoms with Gasteiger partial charge in [0.05, 0.1) is 5.39 Å². The Hall–Kier alpha value is -1.73. The van der Waals surface area contributed by atoms with Crippen LogP contribution in [0, 0.1) is 13.8 Å². The largest absolute Gasteiger partial charge is 0.353 e. The number of nitrogens with zero attached hydrogens (tertiary/aromatic N) is 5. The standard InChI is InChI=1S/C17H18BrN5S/c1-11-12(2)24-17-15(11)16(20-10-21-17)23-7-5-22(6-8-23)14-4-3-13(18)9-19-14/h3-4,9-10H,5-8H2,1-2H3. The van der Waals surface area contributed by atoms with E-state index in [9.17, 15) is 0 Å².